The Morgan fingerprint density at radius 2 is 2.00 bits per heavy atom. The molecule has 0 spiro atoms. The van der Waals surface area contributed by atoms with Crippen molar-refractivity contribution < 1.29 is 8.91 Å². The van der Waals surface area contributed by atoms with Crippen molar-refractivity contribution in [1.29, 1.82) is 0 Å². The first-order valence-corrected chi connectivity index (χ1v) is 6.46. The van der Waals surface area contributed by atoms with Crippen molar-refractivity contribution in [2.75, 3.05) is 13.6 Å². The number of halogens is 1. The lowest BCUT2D eigenvalue weighted by atomic mass is 10.2. The van der Waals surface area contributed by atoms with Crippen LogP contribution in [0.3, 0.4) is 0 Å². The molecule has 2 aromatic rings. The summed E-state index contributed by atoms with van der Waals surface area (Å²) in [4.78, 5) is 6.46. The Morgan fingerprint density at radius 3 is 2.68 bits per heavy atom. The molecule has 2 rings (SSSR count). The van der Waals surface area contributed by atoms with Crippen LogP contribution in [0.25, 0.3) is 11.4 Å². The second-order valence-electron chi connectivity index (χ2n) is 4.61. The molecule has 0 N–H and O–H groups in total. The zero-order valence-corrected chi connectivity index (χ0v) is 11.3. The maximum absolute atomic E-state index is 12.8. The van der Waals surface area contributed by atoms with Crippen LogP contribution in [-0.4, -0.2) is 28.6 Å². The van der Waals surface area contributed by atoms with E-state index in [1.807, 2.05) is 7.05 Å². The summed E-state index contributed by atoms with van der Waals surface area (Å²) < 4.78 is 18.0. The summed E-state index contributed by atoms with van der Waals surface area (Å²) in [6.45, 7) is 3.80. The monoisotopic (exact) mass is 263 g/mol. The molecule has 1 heterocycles. The molecule has 0 amide bonds. The predicted octanol–water partition coefficient (Wildman–Crippen LogP) is 3.11. The van der Waals surface area contributed by atoms with E-state index in [0.717, 1.165) is 24.9 Å². The molecular formula is C14H18FN3O. The number of hydrogen-bond donors (Lipinski definition) is 0. The van der Waals surface area contributed by atoms with Crippen LogP contribution >= 0.6 is 0 Å². The second kappa shape index (κ2) is 6.43. The lowest BCUT2D eigenvalue weighted by molar-refractivity contribution is 0.264. The molecular weight excluding hydrogens is 245 g/mol. The summed E-state index contributed by atoms with van der Waals surface area (Å²) >= 11 is 0. The van der Waals surface area contributed by atoms with Crippen molar-refractivity contribution in [3.05, 3.63) is 36.0 Å². The van der Waals surface area contributed by atoms with Gasteiger partial charge in [0.1, 0.15) is 5.82 Å². The molecule has 0 aliphatic carbocycles. The van der Waals surface area contributed by atoms with Gasteiger partial charge in [0.15, 0.2) is 0 Å². The van der Waals surface area contributed by atoms with Gasteiger partial charge in [0, 0.05) is 5.56 Å². The third-order valence-corrected chi connectivity index (χ3v) is 2.87. The van der Waals surface area contributed by atoms with Crippen molar-refractivity contribution in [2.45, 2.75) is 26.3 Å². The minimum absolute atomic E-state index is 0.272. The first-order valence-electron chi connectivity index (χ1n) is 6.46. The van der Waals surface area contributed by atoms with Crippen LogP contribution in [0.1, 0.15) is 25.7 Å². The van der Waals surface area contributed by atoms with Gasteiger partial charge in [0.2, 0.25) is 11.7 Å². The zero-order valence-electron chi connectivity index (χ0n) is 11.3. The van der Waals surface area contributed by atoms with E-state index >= 15 is 0 Å². The SMILES string of the molecule is CCCCN(C)Cc1nc(-c2ccc(F)cc2)no1. The molecule has 102 valence electrons. The number of nitrogens with zero attached hydrogens (tertiary/aromatic N) is 3. The fourth-order valence-electron chi connectivity index (χ4n) is 1.77. The lowest BCUT2D eigenvalue weighted by Crippen LogP contribution is -2.19. The fraction of sp³-hybridized carbons (Fsp3) is 0.429. The van der Waals surface area contributed by atoms with E-state index in [1.165, 1.54) is 12.1 Å². The predicted molar refractivity (Wildman–Crippen MR) is 70.9 cm³/mol. The van der Waals surface area contributed by atoms with Crippen LogP contribution in [0.2, 0.25) is 0 Å². The molecule has 5 heteroatoms. The number of aromatic nitrogens is 2. The Morgan fingerprint density at radius 1 is 1.26 bits per heavy atom. The molecule has 0 fully saturated rings. The molecule has 19 heavy (non-hydrogen) atoms. The highest BCUT2D eigenvalue weighted by atomic mass is 19.1. The molecule has 0 saturated carbocycles. The molecule has 0 unspecified atom stereocenters. The van der Waals surface area contributed by atoms with Crippen molar-refractivity contribution >= 4 is 0 Å². The molecule has 0 bridgehead atoms. The van der Waals surface area contributed by atoms with E-state index in [0.29, 0.717) is 18.3 Å². The largest absolute Gasteiger partial charge is 0.338 e. The normalized spacial score (nSPS) is 11.2. The maximum Gasteiger partial charge on any atom is 0.241 e. The zero-order chi connectivity index (χ0) is 13.7. The van der Waals surface area contributed by atoms with Crippen LogP contribution in [0.5, 0.6) is 0 Å². The maximum atomic E-state index is 12.8. The van der Waals surface area contributed by atoms with Gasteiger partial charge < -0.3 is 4.52 Å². The Labute approximate surface area is 112 Å². The van der Waals surface area contributed by atoms with Gasteiger partial charge in [-0.15, -0.1) is 0 Å². The van der Waals surface area contributed by atoms with E-state index in [4.69, 9.17) is 4.52 Å². The van der Waals surface area contributed by atoms with E-state index < -0.39 is 0 Å². The number of hydrogen-bond acceptors (Lipinski definition) is 4. The number of unbranched alkanes of at least 4 members (excludes halogenated alkanes) is 1. The van der Waals surface area contributed by atoms with Crippen molar-refractivity contribution in [2.24, 2.45) is 0 Å². The topological polar surface area (TPSA) is 42.2 Å². The summed E-state index contributed by atoms with van der Waals surface area (Å²) in [5, 5.41) is 3.91. The summed E-state index contributed by atoms with van der Waals surface area (Å²) in [7, 11) is 2.03. The minimum atomic E-state index is -0.272. The highest BCUT2D eigenvalue weighted by Crippen LogP contribution is 2.16. The molecule has 0 radical (unpaired) electrons. The van der Waals surface area contributed by atoms with Crippen molar-refractivity contribution in [1.82, 2.24) is 15.0 Å². The summed E-state index contributed by atoms with van der Waals surface area (Å²) in [6, 6.07) is 6.06. The summed E-state index contributed by atoms with van der Waals surface area (Å²) in [5.41, 5.74) is 0.757. The molecule has 0 saturated heterocycles. The minimum Gasteiger partial charge on any atom is -0.338 e. The molecule has 0 aliphatic rings. The third-order valence-electron chi connectivity index (χ3n) is 2.87. The van der Waals surface area contributed by atoms with Gasteiger partial charge in [-0.05, 0) is 44.3 Å². The van der Waals surface area contributed by atoms with Gasteiger partial charge in [-0.2, -0.15) is 4.98 Å². The molecule has 0 atom stereocenters. The smallest absolute Gasteiger partial charge is 0.241 e. The van der Waals surface area contributed by atoms with Gasteiger partial charge >= 0.3 is 0 Å². The molecule has 4 nitrogen and oxygen atoms in total. The Hall–Kier alpha value is -1.75. The van der Waals surface area contributed by atoms with Crippen LogP contribution in [0.15, 0.2) is 28.8 Å². The van der Waals surface area contributed by atoms with Gasteiger partial charge in [-0.1, -0.05) is 18.5 Å². The first-order chi connectivity index (χ1) is 9.19. The fourth-order valence-corrected chi connectivity index (χ4v) is 1.77. The van der Waals surface area contributed by atoms with Crippen LogP contribution in [-0.2, 0) is 6.54 Å². The van der Waals surface area contributed by atoms with E-state index in [-0.39, 0.29) is 5.82 Å². The molecule has 1 aromatic carbocycles. The second-order valence-corrected chi connectivity index (χ2v) is 4.61. The van der Waals surface area contributed by atoms with E-state index in [9.17, 15) is 4.39 Å². The Kier molecular flexibility index (Phi) is 4.63. The summed E-state index contributed by atoms with van der Waals surface area (Å²) in [6.07, 6.45) is 2.31. The van der Waals surface area contributed by atoms with Gasteiger partial charge in [-0.25, -0.2) is 4.39 Å². The highest BCUT2D eigenvalue weighted by molar-refractivity contribution is 5.53. The lowest BCUT2D eigenvalue weighted by Gasteiger charge is -2.12. The van der Waals surface area contributed by atoms with Gasteiger partial charge in [0.05, 0.1) is 6.54 Å². The van der Waals surface area contributed by atoms with Crippen molar-refractivity contribution in [3.8, 4) is 11.4 Å². The van der Waals surface area contributed by atoms with Crippen LogP contribution in [0, 0.1) is 5.82 Å². The van der Waals surface area contributed by atoms with E-state index in [2.05, 4.69) is 22.0 Å². The highest BCUT2D eigenvalue weighted by Gasteiger charge is 2.10. The average Bonchev–Trinajstić information content (AvgIpc) is 2.85. The third kappa shape index (κ3) is 3.86. The molecule has 1 aromatic heterocycles. The van der Waals surface area contributed by atoms with Gasteiger partial charge in [0.25, 0.3) is 0 Å². The molecule has 0 aliphatic heterocycles. The quantitative estimate of drug-likeness (QED) is 0.803. The standard InChI is InChI=1S/C14H18FN3O/c1-3-4-9-18(2)10-13-16-14(17-19-13)11-5-7-12(15)8-6-11/h5-8H,3-4,9-10H2,1-2H3. The first kappa shape index (κ1) is 13.7. The van der Waals surface area contributed by atoms with Crippen LogP contribution < -0.4 is 0 Å². The average molecular weight is 263 g/mol. The van der Waals surface area contributed by atoms with Crippen LogP contribution in [0.4, 0.5) is 4.39 Å². The summed E-state index contributed by atoms with van der Waals surface area (Å²) in [5.74, 6) is 0.809. The number of rotatable bonds is 6. The Balaban J connectivity index is 2.00. The van der Waals surface area contributed by atoms with E-state index in [1.54, 1.807) is 12.1 Å². The van der Waals surface area contributed by atoms with Crippen molar-refractivity contribution in [3.63, 3.8) is 0 Å². The number of benzene rings is 1. The van der Waals surface area contributed by atoms with Gasteiger partial charge in [-0.3, -0.25) is 4.90 Å². The Bertz CT molecular complexity index is 510.